The highest BCUT2D eigenvalue weighted by Crippen LogP contribution is 2.29. The Morgan fingerprint density at radius 1 is 1.12 bits per heavy atom. The van der Waals surface area contributed by atoms with Gasteiger partial charge in [-0.15, -0.1) is 0 Å². The average molecular weight is 368 g/mol. The van der Waals surface area contributed by atoms with Crippen LogP contribution in [0.3, 0.4) is 0 Å². The molecule has 0 spiro atoms. The van der Waals surface area contributed by atoms with Crippen molar-refractivity contribution in [2.24, 2.45) is 0 Å². The molecule has 1 N–H and O–H groups in total. The van der Waals surface area contributed by atoms with Gasteiger partial charge in [-0.1, -0.05) is 17.4 Å². The maximum Gasteiger partial charge on any atom is 0.264 e. The highest BCUT2D eigenvalue weighted by Gasteiger charge is 2.13. The summed E-state index contributed by atoms with van der Waals surface area (Å²) in [7, 11) is 0. The molecule has 1 aromatic heterocycles. The number of aryl methyl sites for hydroxylation is 2. The van der Waals surface area contributed by atoms with E-state index in [-0.39, 0.29) is 12.5 Å². The summed E-state index contributed by atoms with van der Waals surface area (Å²) in [5.41, 5.74) is 3.56. The van der Waals surface area contributed by atoms with E-state index in [9.17, 15) is 4.79 Å². The number of carbonyl (C=O) groups excluding carboxylic acids is 1. The zero-order chi connectivity index (χ0) is 17.9. The van der Waals surface area contributed by atoms with Gasteiger partial charge in [0.1, 0.15) is 11.5 Å². The van der Waals surface area contributed by atoms with Gasteiger partial charge in [0.15, 0.2) is 11.7 Å². The summed E-state index contributed by atoms with van der Waals surface area (Å²) >= 11 is 1.42. The van der Waals surface area contributed by atoms with Crippen LogP contribution < -0.4 is 14.8 Å². The first-order chi connectivity index (χ1) is 12.7. The Kier molecular flexibility index (Phi) is 4.75. The van der Waals surface area contributed by atoms with E-state index in [1.165, 1.54) is 28.9 Å². The molecule has 5 nitrogen and oxygen atoms in total. The van der Waals surface area contributed by atoms with Crippen molar-refractivity contribution >= 4 is 32.6 Å². The molecular weight excluding hydrogens is 348 g/mol. The normalized spacial score (nSPS) is 12.8. The van der Waals surface area contributed by atoms with Crippen LogP contribution >= 0.6 is 11.3 Å². The van der Waals surface area contributed by atoms with E-state index < -0.39 is 0 Å². The minimum atomic E-state index is -0.213. The van der Waals surface area contributed by atoms with E-state index in [1.807, 2.05) is 37.3 Å². The molecule has 0 saturated carbocycles. The van der Waals surface area contributed by atoms with Crippen molar-refractivity contribution in [3.8, 4) is 11.5 Å². The number of ether oxygens (including phenoxy) is 2. The number of carbonyl (C=O) groups is 1. The van der Waals surface area contributed by atoms with Crippen LogP contribution in [0.25, 0.3) is 10.2 Å². The van der Waals surface area contributed by atoms with Gasteiger partial charge in [0.05, 0.1) is 16.8 Å². The van der Waals surface area contributed by atoms with Crippen molar-refractivity contribution < 1.29 is 14.3 Å². The number of nitrogens with one attached hydrogen (secondary N) is 1. The third kappa shape index (κ3) is 3.65. The van der Waals surface area contributed by atoms with Crippen LogP contribution in [0.2, 0.25) is 0 Å². The minimum Gasteiger partial charge on any atom is -0.494 e. The van der Waals surface area contributed by atoms with Gasteiger partial charge in [-0.2, -0.15) is 0 Å². The van der Waals surface area contributed by atoms with Crippen molar-refractivity contribution in [1.82, 2.24) is 4.98 Å². The first-order valence-corrected chi connectivity index (χ1v) is 9.61. The van der Waals surface area contributed by atoms with E-state index in [1.54, 1.807) is 0 Å². The fraction of sp³-hybridized carbons (Fsp3) is 0.300. The molecule has 26 heavy (non-hydrogen) atoms. The monoisotopic (exact) mass is 368 g/mol. The molecule has 6 heteroatoms. The Labute approximate surface area is 156 Å². The van der Waals surface area contributed by atoms with Gasteiger partial charge in [-0.25, -0.2) is 4.98 Å². The quantitative estimate of drug-likeness (QED) is 0.708. The van der Waals surface area contributed by atoms with E-state index in [0.717, 1.165) is 34.6 Å². The molecule has 3 aromatic rings. The molecule has 0 bridgehead atoms. The summed E-state index contributed by atoms with van der Waals surface area (Å²) in [4.78, 5) is 16.6. The van der Waals surface area contributed by atoms with Crippen LogP contribution in [0.4, 0.5) is 5.13 Å². The first kappa shape index (κ1) is 16.8. The summed E-state index contributed by atoms with van der Waals surface area (Å²) < 4.78 is 12.1. The summed E-state index contributed by atoms with van der Waals surface area (Å²) in [6.45, 7) is 2.54. The van der Waals surface area contributed by atoms with Gasteiger partial charge in [0.25, 0.3) is 5.91 Å². The molecule has 0 saturated heterocycles. The van der Waals surface area contributed by atoms with Crippen molar-refractivity contribution in [3.05, 3.63) is 47.5 Å². The molecule has 1 heterocycles. The molecule has 1 aliphatic rings. The van der Waals surface area contributed by atoms with E-state index in [2.05, 4.69) is 16.4 Å². The standard InChI is InChI=1S/C20H20N2O3S/c1-2-24-16-8-9-17-18(11-16)26-20(21-17)22-19(23)12-25-15-7-6-13-4-3-5-14(13)10-15/h6-11H,2-5,12H2,1H3,(H,21,22,23). The number of thiazole rings is 1. The maximum absolute atomic E-state index is 12.2. The predicted octanol–water partition coefficient (Wildman–Crippen LogP) is 4.20. The number of fused-ring (bicyclic) bond motifs is 2. The second kappa shape index (κ2) is 7.33. The Morgan fingerprint density at radius 2 is 1.92 bits per heavy atom. The highest BCUT2D eigenvalue weighted by atomic mass is 32.1. The fourth-order valence-electron chi connectivity index (χ4n) is 3.16. The Hall–Kier alpha value is -2.60. The molecule has 1 aliphatic carbocycles. The Balaban J connectivity index is 1.37. The lowest BCUT2D eigenvalue weighted by Gasteiger charge is -2.07. The number of rotatable bonds is 6. The lowest BCUT2D eigenvalue weighted by Crippen LogP contribution is -2.20. The van der Waals surface area contributed by atoms with Crippen LogP contribution in [0.1, 0.15) is 24.5 Å². The number of hydrogen-bond acceptors (Lipinski definition) is 5. The van der Waals surface area contributed by atoms with Gasteiger partial charge >= 0.3 is 0 Å². The lowest BCUT2D eigenvalue weighted by atomic mass is 10.1. The number of benzene rings is 2. The molecular formula is C20H20N2O3S. The largest absolute Gasteiger partial charge is 0.494 e. The number of aromatic nitrogens is 1. The van der Waals surface area contributed by atoms with Crippen LogP contribution in [0.15, 0.2) is 36.4 Å². The SMILES string of the molecule is CCOc1ccc2nc(NC(=O)COc3ccc4c(c3)CCC4)sc2c1. The van der Waals surface area contributed by atoms with E-state index in [0.29, 0.717) is 11.7 Å². The fourth-order valence-corrected chi connectivity index (χ4v) is 4.07. The summed E-state index contributed by atoms with van der Waals surface area (Å²) in [5, 5.41) is 3.37. The molecule has 0 aliphatic heterocycles. The van der Waals surface area contributed by atoms with Crippen molar-refractivity contribution in [3.63, 3.8) is 0 Å². The summed E-state index contributed by atoms with van der Waals surface area (Å²) in [6.07, 6.45) is 3.43. The molecule has 1 amide bonds. The second-order valence-corrected chi connectivity index (χ2v) is 7.23. The second-order valence-electron chi connectivity index (χ2n) is 6.20. The number of amides is 1. The molecule has 4 rings (SSSR count). The van der Waals surface area contributed by atoms with Crippen molar-refractivity contribution in [2.75, 3.05) is 18.5 Å². The Bertz CT molecular complexity index is 951. The Morgan fingerprint density at radius 3 is 2.81 bits per heavy atom. The zero-order valence-corrected chi connectivity index (χ0v) is 15.4. The molecule has 0 unspecified atom stereocenters. The third-order valence-corrected chi connectivity index (χ3v) is 5.29. The van der Waals surface area contributed by atoms with Gasteiger partial charge in [-0.3, -0.25) is 10.1 Å². The average Bonchev–Trinajstić information content (AvgIpc) is 3.25. The number of anilines is 1. The van der Waals surface area contributed by atoms with Gasteiger partial charge < -0.3 is 9.47 Å². The van der Waals surface area contributed by atoms with Gasteiger partial charge in [0, 0.05) is 0 Å². The molecule has 0 radical (unpaired) electrons. The third-order valence-electron chi connectivity index (χ3n) is 4.36. The topological polar surface area (TPSA) is 60.5 Å². The van der Waals surface area contributed by atoms with Crippen LogP contribution in [-0.4, -0.2) is 24.1 Å². The number of hydrogen-bond donors (Lipinski definition) is 1. The summed E-state index contributed by atoms with van der Waals surface area (Å²) in [5.74, 6) is 1.34. The highest BCUT2D eigenvalue weighted by molar-refractivity contribution is 7.22. The van der Waals surface area contributed by atoms with Crippen molar-refractivity contribution in [1.29, 1.82) is 0 Å². The molecule has 0 fully saturated rings. The molecule has 134 valence electrons. The van der Waals surface area contributed by atoms with Gasteiger partial charge in [0.2, 0.25) is 0 Å². The van der Waals surface area contributed by atoms with Crippen LogP contribution in [0, 0.1) is 0 Å². The van der Waals surface area contributed by atoms with E-state index >= 15 is 0 Å². The molecule has 2 aromatic carbocycles. The van der Waals surface area contributed by atoms with Crippen LogP contribution in [-0.2, 0) is 17.6 Å². The van der Waals surface area contributed by atoms with Gasteiger partial charge in [-0.05, 0) is 67.6 Å². The van der Waals surface area contributed by atoms with E-state index in [4.69, 9.17) is 9.47 Å². The maximum atomic E-state index is 12.2. The van der Waals surface area contributed by atoms with Crippen molar-refractivity contribution in [2.45, 2.75) is 26.2 Å². The summed E-state index contributed by atoms with van der Waals surface area (Å²) in [6, 6.07) is 11.8. The smallest absolute Gasteiger partial charge is 0.264 e. The first-order valence-electron chi connectivity index (χ1n) is 8.79. The number of nitrogens with zero attached hydrogens (tertiary/aromatic N) is 1. The zero-order valence-electron chi connectivity index (χ0n) is 14.6. The predicted molar refractivity (Wildman–Crippen MR) is 103 cm³/mol. The molecule has 0 atom stereocenters. The minimum absolute atomic E-state index is 0.0289. The van der Waals surface area contributed by atoms with Crippen LogP contribution in [0.5, 0.6) is 11.5 Å². The lowest BCUT2D eigenvalue weighted by molar-refractivity contribution is -0.118.